The molecule has 12 aromatic rings. The third kappa shape index (κ3) is 19.2. The first-order chi connectivity index (χ1) is 52.8. The first-order valence-corrected chi connectivity index (χ1v) is 40.5. The molecule has 31 heteroatoms. The summed E-state index contributed by atoms with van der Waals surface area (Å²) in [7, 11) is 6.33. The van der Waals surface area contributed by atoms with Crippen LogP contribution < -0.4 is 59.3 Å². The molecule has 3 aliphatic heterocycles. The Hall–Kier alpha value is -9.00. The Morgan fingerprint density at radius 3 is 1.24 bits per heavy atom. The van der Waals surface area contributed by atoms with Gasteiger partial charge >= 0.3 is 5.97 Å². The quantitative estimate of drug-likeness (QED) is 0.0160. The van der Waals surface area contributed by atoms with E-state index in [2.05, 4.69) is 105 Å². The van der Waals surface area contributed by atoms with Gasteiger partial charge < -0.3 is 78.3 Å². The molecule has 3 aliphatic rings. The highest BCUT2D eigenvalue weighted by Gasteiger charge is 2.29. The molecule has 9 aromatic heterocycles. The topological polar surface area (TPSA) is 343 Å². The average molecular weight is 1570 g/mol. The summed E-state index contributed by atoms with van der Waals surface area (Å²) in [6, 6.07) is 27.9. The molecule has 25 nitrogen and oxygen atoms in total. The summed E-state index contributed by atoms with van der Waals surface area (Å²) in [6.45, 7) is 11.0. The molecule has 0 fully saturated rings. The van der Waals surface area contributed by atoms with E-state index in [1.807, 2.05) is 42.6 Å². The van der Waals surface area contributed by atoms with Crippen molar-refractivity contribution >= 4 is 149 Å². The zero-order chi connectivity index (χ0) is 74.9. The smallest absolute Gasteiger partial charge is 0.356 e. The van der Waals surface area contributed by atoms with E-state index >= 15 is 0 Å². The molecule has 0 saturated heterocycles. The van der Waals surface area contributed by atoms with Gasteiger partial charge in [-0.05, 0) is 139 Å². The van der Waals surface area contributed by atoms with Crippen molar-refractivity contribution in [3.8, 4) is 65.1 Å². The average Bonchev–Trinajstić information content (AvgIpc) is 1.62. The van der Waals surface area contributed by atoms with E-state index in [-0.39, 0.29) is 23.4 Å². The Morgan fingerprint density at radius 1 is 0.444 bits per heavy atom. The van der Waals surface area contributed by atoms with E-state index in [4.69, 9.17) is 45.4 Å². The second kappa shape index (κ2) is 37.4. The highest BCUT2D eigenvalue weighted by atomic mass is 32.1. The number of nitrogen functional groups attached to an aromatic ring is 2. The van der Waals surface area contributed by atoms with Crippen LogP contribution in [-0.2, 0) is 72.2 Å². The molecule has 0 atom stereocenters. The van der Waals surface area contributed by atoms with Gasteiger partial charge in [0.2, 0.25) is 17.7 Å². The predicted octanol–water partition coefficient (Wildman–Crippen LogP) is 11.8. The van der Waals surface area contributed by atoms with Crippen molar-refractivity contribution in [2.24, 2.45) is 0 Å². The second-order valence-corrected chi connectivity index (χ2v) is 31.9. The summed E-state index contributed by atoms with van der Waals surface area (Å²) in [5.41, 5.74) is 28.4. The van der Waals surface area contributed by atoms with E-state index in [1.165, 1.54) is 38.4 Å². The van der Waals surface area contributed by atoms with Gasteiger partial charge in [0.25, 0.3) is 0 Å². The summed E-state index contributed by atoms with van der Waals surface area (Å²) in [6.07, 6.45) is 10.8. The number of hydrogen-bond acceptors (Lipinski definition) is 28. The standard InChI is InChI=1S/C27H29N5O4S2.2C25H28N6O2S2/c1-35-12-11-28-10-8-23(33)32-26-24(18-7-9-29-15-22(18)38-26)25-31-20-13-16(4-6-21(20)37-25)17-3-5-19(30-14-17)27(34)36-2;1-33-11-10-27-8-6-22(32)31-25-23(17-5-7-28-14-20(17)35-25)24-30-18-12-15(2-3-19(18)34-24)16-4-9-29-21(26)13-16;1-33-9-8-27-7-5-22(32)31-25-23(18-4-6-28-14-21(18)35-25)24-30-19-11-15(2-3-20(19)34-24)16-10-17(26)13-29-12-16/h3-6,13-14,28-29H,7-12,15H2,1-2H3,(H,32,33);2-4,9,12-13,27-28H,5-8,10-11,14H2,1H3,(H2,26,29)(H,31,32);2-3,10-13,27-28H,4-9,14,26H2,1H3,(H,31,32). The lowest BCUT2D eigenvalue weighted by molar-refractivity contribution is -0.116. The van der Waals surface area contributed by atoms with Crippen molar-refractivity contribution < 1.29 is 38.1 Å². The molecule has 0 unspecified atom stereocenters. The first-order valence-electron chi connectivity index (χ1n) is 35.6. The monoisotopic (exact) mass is 1570 g/mol. The Kier molecular flexibility index (Phi) is 26.7. The Bertz CT molecular complexity index is 4940. The lowest BCUT2D eigenvalue weighted by atomic mass is 10.0. The van der Waals surface area contributed by atoms with Crippen molar-refractivity contribution in [2.45, 2.75) is 58.2 Å². The number of methoxy groups -OCH3 is 4. The lowest BCUT2D eigenvalue weighted by Crippen LogP contribution is -2.24. The molecule has 562 valence electrons. The van der Waals surface area contributed by atoms with Crippen LogP contribution >= 0.6 is 68.0 Å². The zero-order valence-corrected chi connectivity index (χ0v) is 65.2. The van der Waals surface area contributed by atoms with Crippen molar-refractivity contribution in [3.63, 3.8) is 0 Å². The molecular weight excluding hydrogens is 1480 g/mol. The first kappa shape index (κ1) is 77.2. The number of nitrogens with one attached hydrogen (secondary N) is 9. The molecule has 3 aromatic carbocycles. The van der Waals surface area contributed by atoms with Crippen LogP contribution in [0, 0.1) is 0 Å². The van der Waals surface area contributed by atoms with Gasteiger partial charge in [0, 0.05) is 167 Å². The van der Waals surface area contributed by atoms with Gasteiger partial charge in [0.05, 0.1) is 63.3 Å². The molecule has 13 N–H and O–H groups in total. The highest BCUT2D eigenvalue weighted by molar-refractivity contribution is 7.24. The summed E-state index contributed by atoms with van der Waals surface area (Å²) in [5.74, 6) is 0.0146. The number of rotatable bonds is 28. The Morgan fingerprint density at radius 2 is 0.852 bits per heavy atom. The maximum absolute atomic E-state index is 12.8. The minimum Gasteiger partial charge on any atom is -0.464 e. The number of esters is 1. The van der Waals surface area contributed by atoms with E-state index < -0.39 is 5.97 Å². The number of carbonyl (C=O) groups is 4. The summed E-state index contributed by atoms with van der Waals surface area (Å²) < 4.78 is 23.1. The number of nitrogens with zero attached hydrogens (tertiary/aromatic N) is 6. The molecular formula is C77H85N17O8S6. The summed E-state index contributed by atoms with van der Waals surface area (Å²) in [4.78, 5) is 81.2. The molecule has 0 radical (unpaired) electrons. The fourth-order valence-corrected chi connectivity index (χ4v) is 19.7. The number of benzene rings is 3. The van der Waals surface area contributed by atoms with Gasteiger partial charge in [0.15, 0.2) is 0 Å². The van der Waals surface area contributed by atoms with Crippen molar-refractivity contribution in [1.82, 2.24) is 61.8 Å². The van der Waals surface area contributed by atoms with Gasteiger partial charge in [0.1, 0.15) is 41.5 Å². The van der Waals surface area contributed by atoms with Crippen molar-refractivity contribution in [3.05, 3.63) is 147 Å². The van der Waals surface area contributed by atoms with E-state index in [0.717, 1.165) is 182 Å². The van der Waals surface area contributed by atoms with Gasteiger partial charge in [-0.1, -0.05) is 24.3 Å². The van der Waals surface area contributed by atoms with Crippen LogP contribution in [0.1, 0.15) is 61.1 Å². The van der Waals surface area contributed by atoms with Crippen molar-refractivity contribution in [2.75, 3.05) is 135 Å². The van der Waals surface area contributed by atoms with E-state index in [9.17, 15) is 19.2 Å². The van der Waals surface area contributed by atoms with Crippen LogP contribution in [0.2, 0.25) is 0 Å². The van der Waals surface area contributed by atoms with Crippen LogP contribution in [0.4, 0.5) is 26.5 Å². The molecule has 108 heavy (non-hydrogen) atoms. The maximum Gasteiger partial charge on any atom is 0.356 e. The molecule has 0 spiro atoms. The largest absolute Gasteiger partial charge is 0.464 e. The number of hydrogen-bond donors (Lipinski definition) is 11. The third-order valence-electron chi connectivity index (χ3n) is 18.1. The van der Waals surface area contributed by atoms with Gasteiger partial charge in [-0.25, -0.2) is 29.7 Å². The lowest BCUT2D eigenvalue weighted by Gasteiger charge is -2.13. The molecule has 12 heterocycles. The number of amides is 3. The Labute approximate surface area is 648 Å². The second-order valence-electron chi connectivity index (χ2n) is 25.5. The summed E-state index contributed by atoms with van der Waals surface area (Å²) >= 11 is 9.90. The maximum atomic E-state index is 12.8. The van der Waals surface area contributed by atoms with Crippen LogP contribution in [0.3, 0.4) is 0 Å². The number of aromatic nitrogens is 6. The van der Waals surface area contributed by atoms with Crippen LogP contribution in [0.15, 0.2) is 110 Å². The molecule has 0 aliphatic carbocycles. The minimum absolute atomic E-state index is 0.000265. The number of pyridine rings is 3. The normalized spacial score (nSPS) is 13.1. The van der Waals surface area contributed by atoms with E-state index in [0.29, 0.717) is 76.8 Å². The summed E-state index contributed by atoms with van der Waals surface area (Å²) in [5, 5.41) is 34.9. The van der Waals surface area contributed by atoms with Gasteiger partial charge in [-0.2, -0.15) is 0 Å². The molecule has 15 rings (SSSR count). The Balaban J connectivity index is 0.000000143. The number of ether oxygens (including phenoxy) is 4. The van der Waals surface area contributed by atoms with Crippen molar-refractivity contribution in [1.29, 1.82) is 0 Å². The predicted molar refractivity (Wildman–Crippen MR) is 439 cm³/mol. The number of thiazole rings is 3. The highest BCUT2D eigenvalue weighted by Crippen LogP contribution is 2.49. The number of thiophene rings is 3. The van der Waals surface area contributed by atoms with Crippen LogP contribution in [0.25, 0.3) is 95.7 Å². The number of nitrogens with two attached hydrogens (primary N) is 2. The molecule has 0 bridgehead atoms. The SMILES string of the molecule is COCCNCCC(=O)Nc1sc2c(c1-c1nc3cc(-c4ccc(C(=O)OC)nc4)ccc3s1)CCNC2.COCCNCCC(=O)Nc1sc2c(c1-c1nc3cc(-c4ccnc(N)c4)ccc3s1)CCNC2.COCCNCCC(=O)Nc1sc2c(c1-c1nc3cc(-c4cncc(N)c4)ccc3s1)CCNC2. The van der Waals surface area contributed by atoms with E-state index in [1.54, 1.807) is 114 Å². The van der Waals surface area contributed by atoms with Crippen LogP contribution in [0.5, 0.6) is 0 Å². The zero-order valence-electron chi connectivity index (χ0n) is 60.3. The number of anilines is 5. The fourth-order valence-electron chi connectivity index (χ4n) is 12.7. The molecule has 3 amide bonds. The van der Waals surface area contributed by atoms with Gasteiger partial charge in [-0.3, -0.25) is 19.4 Å². The minimum atomic E-state index is -0.462. The molecule has 0 saturated carbocycles. The van der Waals surface area contributed by atoms with Crippen LogP contribution in [-0.4, -0.2) is 161 Å². The number of carbonyl (C=O) groups excluding carboxylic acids is 4. The van der Waals surface area contributed by atoms with Gasteiger partial charge in [-0.15, -0.1) is 68.0 Å². The third-order valence-corrected chi connectivity index (χ3v) is 24.7. The number of fused-ring (bicyclic) bond motifs is 6. The fraction of sp³-hybridized carbons (Fsp3) is 0.325.